The summed E-state index contributed by atoms with van der Waals surface area (Å²) in [6.45, 7) is 5.88. The van der Waals surface area contributed by atoms with E-state index in [4.69, 9.17) is 4.84 Å². The lowest BCUT2D eigenvalue weighted by Gasteiger charge is -2.58. The van der Waals surface area contributed by atoms with Crippen LogP contribution in [0.5, 0.6) is 0 Å². The van der Waals surface area contributed by atoms with Gasteiger partial charge in [-0.15, -0.1) is 0 Å². The second-order valence-electron chi connectivity index (χ2n) is 14.4. The Kier molecular flexibility index (Phi) is 8.83. The zero-order valence-corrected chi connectivity index (χ0v) is 27.1. The van der Waals surface area contributed by atoms with Gasteiger partial charge in [0.25, 0.3) is 5.91 Å². The average Bonchev–Trinajstić information content (AvgIpc) is 3.60. The molecule has 2 aromatic rings. The first-order chi connectivity index (χ1) is 22.0. The maximum Gasteiger partial charge on any atom is 0.326 e. The van der Waals surface area contributed by atoms with Crippen LogP contribution in [-0.4, -0.2) is 58.6 Å². The van der Waals surface area contributed by atoms with Crippen LogP contribution in [0.25, 0.3) is 10.9 Å². The molecule has 3 saturated carbocycles. The number of nitrogens with one attached hydrogen (secondary N) is 3. The second kappa shape index (κ2) is 12.7. The minimum atomic E-state index is -1.16. The predicted molar refractivity (Wildman–Crippen MR) is 174 cm³/mol. The Morgan fingerprint density at radius 2 is 1.85 bits per heavy atom. The number of hydrogen-bond donors (Lipinski definition) is 4. The third-order valence-corrected chi connectivity index (χ3v) is 12.0. The molecule has 0 saturated heterocycles. The maximum absolute atomic E-state index is 12.5. The number of rotatable bonds is 10. The fourth-order valence-corrected chi connectivity index (χ4v) is 9.68. The highest BCUT2D eigenvalue weighted by Gasteiger charge is 2.59. The lowest BCUT2D eigenvalue weighted by Crippen LogP contribution is -2.51. The first-order valence-electron chi connectivity index (χ1n) is 16.7. The molecule has 7 atom stereocenters. The number of carbonyl (C=O) groups is 4. The average molecular weight is 631 g/mol. The number of carbonyl (C=O) groups excluding carboxylic acids is 3. The molecular formula is C36H46N4O6. The van der Waals surface area contributed by atoms with Gasteiger partial charge in [-0.25, -0.2) is 4.79 Å². The topological polar surface area (TPSA) is 150 Å². The minimum Gasteiger partial charge on any atom is -0.480 e. The van der Waals surface area contributed by atoms with Gasteiger partial charge in [-0.3, -0.25) is 14.4 Å². The van der Waals surface area contributed by atoms with Crippen LogP contribution in [0.4, 0.5) is 0 Å². The van der Waals surface area contributed by atoms with E-state index in [0.717, 1.165) is 60.7 Å². The Morgan fingerprint density at radius 1 is 1.04 bits per heavy atom. The summed E-state index contributed by atoms with van der Waals surface area (Å²) in [6.07, 6.45) is 12.5. The second-order valence-corrected chi connectivity index (χ2v) is 14.4. The van der Waals surface area contributed by atoms with Gasteiger partial charge >= 0.3 is 5.97 Å². The molecule has 0 bridgehead atoms. The van der Waals surface area contributed by atoms with Gasteiger partial charge in [-0.2, -0.15) is 0 Å². The number of aromatic amines is 1. The van der Waals surface area contributed by atoms with Crippen molar-refractivity contribution in [3.05, 3.63) is 47.7 Å². The number of carboxylic acids is 1. The number of nitrogens with zero attached hydrogens (tertiary/aromatic N) is 1. The van der Waals surface area contributed by atoms with Crippen molar-refractivity contribution >= 4 is 40.2 Å². The predicted octanol–water partition coefficient (Wildman–Crippen LogP) is 4.94. The van der Waals surface area contributed by atoms with E-state index >= 15 is 0 Å². The third kappa shape index (κ3) is 5.98. The van der Waals surface area contributed by atoms with Crippen molar-refractivity contribution in [1.82, 2.24) is 15.6 Å². The molecule has 1 aromatic carbocycles. The highest BCUT2D eigenvalue weighted by molar-refractivity contribution is 5.96. The Morgan fingerprint density at radius 3 is 2.63 bits per heavy atom. The van der Waals surface area contributed by atoms with Gasteiger partial charge in [0.1, 0.15) is 11.8 Å². The molecule has 4 aliphatic rings. The molecule has 10 heteroatoms. The molecule has 6 rings (SSSR count). The smallest absolute Gasteiger partial charge is 0.326 e. The van der Waals surface area contributed by atoms with E-state index in [2.05, 4.69) is 40.7 Å². The van der Waals surface area contributed by atoms with E-state index in [1.54, 1.807) is 13.1 Å². The van der Waals surface area contributed by atoms with E-state index in [0.29, 0.717) is 23.5 Å². The van der Waals surface area contributed by atoms with Crippen LogP contribution in [0.3, 0.4) is 0 Å². The van der Waals surface area contributed by atoms with Crippen LogP contribution in [0.1, 0.15) is 77.7 Å². The van der Waals surface area contributed by atoms with E-state index in [1.165, 1.54) is 18.4 Å². The highest BCUT2D eigenvalue weighted by atomic mass is 16.6. The summed E-state index contributed by atoms with van der Waals surface area (Å²) in [4.78, 5) is 57.6. The third-order valence-electron chi connectivity index (χ3n) is 12.0. The van der Waals surface area contributed by atoms with E-state index in [-0.39, 0.29) is 36.3 Å². The number of Topliss-reactive ketones (excluding diaryl/α,β-unsaturated/α-hetero) is 1. The van der Waals surface area contributed by atoms with E-state index < -0.39 is 23.8 Å². The van der Waals surface area contributed by atoms with Crippen LogP contribution in [-0.2, 0) is 30.4 Å². The summed E-state index contributed by atoms with van der Waals surface area (Å²) in [5.41, 5.74) is 4.20. The first-order valence-corrected chi connectivity index (χ1v) is 16.7. The number of oxime groups is 1. The standard InChI is InChI=1S/C36H46N4O6/c1-21(41)27-10-11-28-26-9-8-23-17-24(12-14-35(23,2)29(26)13-15-36(27,28)3)40-46-20-33(43)38-19-32(42)39-31(34(44)45)16-22-18-37-30-7-5-4-6-25(22)30/h4-7,17-18,26-29,31,37H,8-16,19-20H2,1-3H3,(H,38,43)(H,39,42)(H,44,45)/b40-24-/t26-,27+,28-,29-,31+,35-,36+/m0/s1. The van der Waals surface area contributed by atoms with Gasteiger partial charge in [-0.05, 0) is 105 Å². The van der Waals surface area contributed by atoms with Gasteiger partial charge < -0.3 is 25.6 Å². The van der Waals surface area contributed by atoms with Crippen LogP contribution in [0.15, 0.2) is 47.3 Å². The number of ketones is 1. The number of amides is 2. The number of carboxylic acid groups (broad SMARTS) is 1. The van der Waals surface area contributed by atoms with E-state index in [9.17, 15) is 24.3 Å². The molecule has 0 unspecified atom stereocenters. The Bertz CT molecular complexity index is 1590. The largest absolute Gasteiger partial charge is 0.480 e. The molecule has 0 spiro atoms. The normalized spacial score (nSPS) is 31.6. The lowest BCUT2D eigenvalue weighted by molar-refractivity contribution is -0.141. The lowest BCUT2D eigenvalue weighted by atomic mass is 9.46. The zero-order valence-electron chi connectivity index (χ0n) is 27.1. The maximum atomic E-state index is 12.5. The fourth-order valence-electron chi connectivity index (χ4n) is 9.68. The molecule has 3 fully saturated rings. The number of aromatic nitrogens is 1. The monoisotopic (exact) mass is 630 g/mol. The van der Waals surface area contributed by atoms with E-state index in [1.807, 2.05) is 24.3 Å². The van der Waals surface area contributed by atoms with Crippen LogP contribution in [0.2, 0.25) is 0 Å². The Balaban J connectivity index is 0.983. The quantitative estimate of drug-likeness (QED) is 0.273. The molecule has 4 aliphatic carbocycles. The summed E-state index contributed by atoms with van der Waals surface area (Å²) in [6, 6.07) is 6.41. The molecular weight excluding hydrogens is 584 g/mol. The summed E-state index contributed by atoms with van der Waals surface area (Å²) in [5.74, 6) is 0.238. The summed E-state index contributed by atoms with van der Waals surface area (Å²) in [5, 5.41) is 19.8. The van der Waals surface area contributed by atoms with Crippen molar-refractivity contribution in [2.45, 2.75) is 84.6 Å². The first kappa shape index (κ1) is 32.0. The molecule has 4 N–H and O–H groups in total. The van der Waals surface area contributed by atoms with Crippen LogP contribution in [0, 0.1) is 34.5 Å². The van der Waals surface area contributed by atoms with Gasteiger partial charge in [-0.1, -0.05) is 42.8 Å². The number of fused-ring (bicyclic) bond motifs is 6. The zero-order chi connectivity index (χ0) is 32.6. The van der Waals surface area contributed by atoms with Crippen molar-refractivity contribution in [2.75, 3.05) is 13.2 Å². The number of allylic oxidation sites excluding steroid dienone is 2. The molecule has 0 aliphatic heterocycles. The SMILES string of the molecule is CC(=O)[C@H]1CC[C@H]2[C@@H]3CCC4=C/C(=N\OCC(=O)NCC(=O)N[C@H](Cc5c[nH]c6ccccc56)C(=O)O)CC[C@]4(C)[C@H]3CC[C@]12C. The summed E-state index contributed by atoms with van der Waals surface area (Å²) >= 11 is 0. The van der Waals surface area contributed by atoms with Crippen LogP contribution < -0.4 is 10.6 Å². The molecule has 2 amide bonds. The number of hydrogen-bond acceptors (Lipinski definition) is 6. The van der Waals surface area contributed by atoms with Crippen molar-refractivity contribution in [2.24, 2.45) is 39.7 Å². The number of para-hydroxylation sites is 1. The Labute approximate surface area is 269 Å². The molecule has 246 valence electrons. The van der Waals surface area contributed by atoms with Crippen LogP contribution >= 0.6 is 0 Å². The van der Waals surface area contributed by atoms with Crippen molar-refractivity contribution in [3.63, 3.8) is 0 Å². The highest BCUT2D eigenvalue weighted by Crippen LogP contribution is 2.66. The molecule has 1 aromatic heterocycles. The number of H-pyrrole nitrogens is 1. The molecule has 10 nitrogen and oxygen atoms in total. The van der Waals surface area contributed by atoms with Gasteiger partial charge in [0.2, 0.25) is 5.91 Å². The molecule has 46 heavy (non-hydrogen) atoms. The molecule has 0 radical (unpaired) electrons. The summed E-state index contributed by atoms with van der Waals surface area (Å²) < 4.78 is 0. The van der Waals surface area contributed by atoms with Crippen molar-refractivity contribution in [1.29, 1.82) is 0 Å². The minimum absolute atomic E-state index is 0.107. The summed E-state index contributed by atoms with van der Waals surface area (Å²) in [7, 11) is 0. The van der Waals surface area contributed by atoms with Gasteiger partial charge in [0.05, 0.1) is 12.3 Å². The number of benzene rings is 1. The Hall–Kier alpha value is -3.95. The van der Waals surface area contributed by atoms with Gasteiger partial charge in [0.15, 0.2) is 6.61 Å². The van der Waals surface area contributed by atoms with Crippen molar-refractivity contribution < 1.29 is 29.1 Å². The molecule has 1 heterocycles. The fraction of sp³-hybridized carbons (Fsp3) is 0.583. The number of aliphatic carboxylic acids is 1. The van der Waals surface area contributed by atoms with Gasteiger partial charge in [0, 0.05) is 29.4 Å². The van der Waals surface area contributed by atoms with Crippen molar-refractivity contribution in [3.8, 4) is 0 Å².